The maximum atomic E-state index is 9.77. The van der Waals surface area contributed by atoms with Crippen LogP contribution in [0.1, 0.15) is 6.42 Å². The predicted octanol–water partition coefficient (Wildman–Crippen LogP) is 0.616. The van der Waals surface area contributed by atoms with Gasteiger partial charge in [0.2, 0.25) is 0 Å². The van der Waals surface area contributed by atoms with Crippen LogP contribution in [-0.2, 0) is 0 Å². The van der Waals surface area contributed by atoms with Crippen molar-refractivity contribution < 1.29 is 10.2 Å². The number of hydrogen-bond donors (Lipinski definition) is 3. The van der Waals surface area contributed by atoms with Gasteiger partial charge in [0.1, 0.15) is 0 Å². The molecule has 0 bridgehead atoms. The van der Waals surface area contributed by atoms with E-state index in [1.165, 1.54) is 0 Å². The standard InChI is InChI=1S/C12H19NO2/c1-3-5-9(4-2)6-10-7-13-8-11(14)12(10)15/h3-5,10-15H,1-2,6-8H2/b9-5+/t10-,11+,12+/m0/s1. The fourth-order valence-electron chi connectivity index (χ4n) is 1.84. The Morgan fingerprint density at radius 3 is 2.67 bits per heavy atom. The van der Waals surface area contributed by atoms with Gasteiger partial charge < -0.3 is 15.5 Å². The third-order valence-electron chi connectivity index (χ3n) is 2.73. The van der Waals surface area contributed by atoms with E-state index >= 15 is 0 Å². The van der Waals surface area contributed by atoms with Gasteiger partial charge in [-0.3, -0.25) is 0 Å². The number of β-amino-alcohol motifs (C(OH)–C–C–N with tert-alkyl or cyclic N) is 1. The summed E-state index contributed by atoms with van der Waals surface area (Å²) >= 11 is 0. The molecule has 3 N–H and O–H groups in total. The number of aliphatic hydroxyl groups excluding tert-OH is 2. The van der Waals surface area contributed by atoms with Crippen molar-refractivity contribution in [3.8, 4) is 0 Å². The van der Waals surface area contributed by atoms with E-state index in [-0.39, 0.29) is 5.92 Å². The fraction of sp³-hybridized carbons (Fsp3) is 0.500. The van der Waals surface area contributed by atoms with Crippen molar-refractivity contribution in [1.82, 2.24) is 5.32 Å². The summed E-state index contributed by atoms with van der Waals surface area (Å²) in [5.41, 5.74) is 1.03. The van der Waals surface area contributed by atoms with Crippen molar-refractivity contribution >= 4 is 0 Å². The maximum absolute atomic E-state index is 9.77. The zero-order valence-corrected chi connectivity index (χ0v) is 8.89. The van der Waals surface area contributed by atoms with Crippen LogP contribution in [-0.4, -0.2) is 35.5 Å². The second-order valence-electron chi connectivity index (χ2n) is 3.86. The Labute approximate surface area is 90.8 Å². The van der Waals surface area contributed by atoms with Gasteiger partial charge in [0.05, 0.1) is 12.2 Å². The van der Waals surface area contributed by atoms with Crippen molar-refractivity contribution in [2.75, 3.05) is 13.1 Å². The van der Waals surface area contributed by atoms with E-state index in [1.54, 1.807) is 12.2 Å². The quantitative estimate of drug-likeness (QED) is 0.595. The van der Waals surface area contributed by atoms with Crippen molar-refractivity contribution in [2.24, 2.45) is 5.92 Å². The highest BCUT2D eigenvalue weighted by atomic mass is 16.3. The molecule has 1 heterocycles. The van der Waals surface area contributed by atoms with Crippen molar-refractivity contribution in [3.05, 3.63) is 37.0 Å². The second kappa shape index (κ2) is 5.85. The van der Waals surface area contributed by atoms with Crippen LogP contribution in [0, 0.1) is 5.92 Å². The molecule has 1 rings (SSSR count). The van der Waals surface area contributed by atoms with Gasteiger partial charge in [-0.1, -0.05) is 31.4 Å². The monoisotopic (exact) mass is 209 g/mol. The average molecular weight is 209 g/mol. The summed E-state index contributed by atoms with van der Waals surface area (Å²) in [5, 5.41) is 22.3. The highest BCUT2D eigenvalue weighted by Crippen LogP contribution is 2.20. The largest absolute Gasteiger partial charge is 0.390 e. The normalized spacial score (nSPS) is 32.4. The van der Waals surface area contributed by atoms with E-state index in [1.807, 2.05) is 6.08 Å². The van der Waals surface area contributed by atoms with E-state index in [0.29, 0.717) is 13.0 Å². The molecule has 0 aromatic carbocycles. The van der Waals surface area contributed by atoms with Crippen LogP contribution in [0.2, 0.25) is 0 Å². The first kappa shape index (κ1) is 12.2. The van der Waals surface area contributed by atoms with E-state index in [4.69, 9.17) is 0 Å². The zero-order valence-electron chi connectivity index (χ0n) is 8.89. The smallest absolute Gasteiger partial charge is 0.0926 e. The maximum Gasteiger partial charge on any atom is 0.0926 e. The topological polar surface area (TPSA) is 52.5 Å². The molecule has 0 aromatic rings. The van der Waals surface area contributed by atoms with Crippen LogP contribution in [0.15, 0.2) is 37.0 Å². The Kier molecular flexibility index (Phi) is 4.75. The molecule has 15 heavy (non-hydrogen) atoms. The minimum absolute atomic E-state index is 0.0398. The Bertz CT molecular complexity index is 260. The van der Waals surface area contributed by atoms with E-state index < -0.39 is 12.2 Å². The zero-order chi connectivity index (χ0) is 11.3. The molecule has 84 valence electrons. The van der Waals surface area contributed by atoms with Gasteiger partial charge in [-0.15, -0.1) is 0 Å². The second-order valence-corrected chi connectivity index (χ2v) is 3.86. The molecule has 1 aliphatic heterocycles. The van der Waals surface area contributed by atoms with Gasteiger partial charge in [-0.05, 0) is 12.0 Å². The Morgan fingerprint density at radius 2 is 2.07 bits per heavy atom. The van der Waals surface area contributed by atoms with Crippen molar-refractivity contribution in [2.45, 2.75) is 18.6 Å². The lowest BCUT2D eigenvalue weighted by Crippen LogP contribution is -2.50. The molecule has 0 aromatic heterocycles. The average Bonchev–Trinajstić information content (AvgIpc) is 2.24. The molecule has 0 unspecified atom stereocenters. The summed E-state index contributed by atoms with van der Waals surface area (Å²) in [7, 11) is 0. The van der Waals surface area contributed by atoms with Crippen molar-refractivity contribution in [1.29, 1.82) is 0 Å². The first-order valence-corrected chi connectivity index (χ1v) is 5.20. The SMILES string of the molecule is C=C/C=C(\C=C)C[C@H]1CNC[C@@H](O)[C@@H]1O. The Morgan fingerprint density at radius 1 is 1.33 bits per heavy atom. The van der Waals surface area contributed by atoms with Gasteiger partial charge in [-0.2, -0.15) is 0 Å². The van der Waals surface area contributed by atoms with Crippen LogP contribution in [0.3, 0.4) is 0 Å². The minimum atomic E-state index is -0.668. The highest BCUT2D eigenvalue weighted by Gasteiger charge is 2.30. The summed E-state index contributed by atoms with van der Waals surface area (Å²) in [6.07, 6.45) is 4.73. The molecule has 1 saturated heterocycles. The predicted molar refractivity (Wildman–Crippen MR) is 61.5 cm³/mol. The number of piperidine rings is 1. The first-order chi connectivity index (χ1) is 7.19. The molecule has 0 spiro atoms. The molecule has 1 fully saturated rings. The summed E-state index contributed by atoms with van der Waals surface area (Å²) in [6, 6.07) is 0. The fourth-order valence-corrected chi connectivity index (χ4v) is 1.84. The summed E-state index contributed by atoms with van der Waals surface area (Å²) in [6.45, 7) is 8.52. The lowest BCUT2D eigenvalue weighted by Gasteiger charge is -2.32. The molecular formula is C12H19NO2. The van der Waals surface area contributed by atoms with E-state index in [2.05, 4.69) is 18.5 Å². The lowest BCUT2D eigenvalue weighted by atomic mass is 9.88. The first-order valence-electron chi connectivity index (χ1n) is 5.20. The minimum Gasteiger partial charge on any atom is -0.390 e. The molecule has 0 saturated carbocycles. The molecule has 3 atom stereocenters. The number of nitrogens with one attached hydrogen (secondary N) is 1. The molecule has 3 heteroatoms. The summed E-state index contributed by atoms with van der Waals surface area (Å²) in [4.78, 5) is 0. The Balaban J connectivity index is 2.59. The Hall–Kier alpha value is -0.900. The molecule has 0 amide bonds. The van der Waals surface area contributed by atoms with Crippen LogP contribution in [0.4, 0.5) is 0 Å². The molecule has 3 nitrogen and oxygen atoms in total. The molecule has 0 radical (unpaired) electrons. The van der Waals surface area contributed by atoms with Gasteiger partial charge in [0.15, 0.2) is 0 Å². The molecular weight excluding hydrogens is 190 g/mol. The summed E-state index contributed by atoms with van der Waals surface area (Å²) < 4.78 is 0. The lowest BCUT2D eigenvalue weighted by molar-refractivity contribution is -0.0343. The van der Waals surface area contributed by atoms with E-state index in [0.717, 1.165) is 12.1 Å². The number of allylic oxidation sites excluding steroid dienone is 4. The van der Waals surface area contributed by atoms with Crippen LogP contribution < -0.4 is 5.32 Å². The van der Waals surface area contributed by atoms with Gasteiger partial charge in [0.25, 0.3) is 0 Å². The van der Waals surface area contributed by atoms with Gasteiger partial charge in [0, 0.05) is 19.0 Å². The van der Waals surface area contributed by atoms with Gasteiger partial charge in [-0.25, -0.2) is 0 Å². The highest BCUT2D eigenvalue weighted by molar-refractivity contribution is 5.22. The van der Waals surface area contributed by atoms with Crippen molar-refractivity contribution in [3.63, 3.8) is 0 Å². The number of hydrogen-bond acceptors (Lipinski definition) is 3. The van der Waals surface area contributed by atoms with Gasteiger partial charge >= 0.3 is 0 Å². The third-order valence-corrected chi connectivity index (χ3v) is 2.73. The van der Waals surface area contributed by atoms with Crippen LogP contribution in [0.25, 0.3) is 0 Å². The van der Waals surface area contributed by atoms with Crippen LogP contribution in [0.5, 0.6) is 0 Å². The number of rotatable bonds is 4. The summed E-state index contributed by atoms with van der Waals surface area (Å²) in [5.74, 6) is 0.0398. The van der Waals surface area contributed by atoms with E-state index in [9.17, 15) is 10.2 Å². The number of aliphatic hydroxyl groups is 2. The molecule has 1 aliphatic rings. The van der Waals surface area contributed by atoms with Crippen LogP contribution >= 0.6 is 0 Å². The molecule has 0 aliphatic carbocycles. The third kappa shape index (κ3) is 3.30.